The molecule has 0 radical (unpaired) electrons. The lowest BCUT2D eigenvalue weighted by Crippen LogP contribution is -2.50. The Hall–Kier alpha value is -1.26. The first-order valence-corrected chi connectivity index (χ1v) is 5.45. The zero-order valence-corrected chi connectivity index (χ0v) is 8.61. The summed E-state index contributed by atoms with van der Waals surface area (Å²) in [6.07, 6.45) is 3.13. The summed E-state index contributed by atoms with van der Waals surface area (Å²) in [5.74, 6) is -1.01. The monoisotopic (exact) mass is 212 g/mol. The van der Waals surface area contributed by atoms with Gasteiger partial charge in [-0.1, -0.05) is 0 Å². The van der Waals surface area contributed by atoms with Gasteiger partial charge in [-0.2, -0.15) is 0 Å². The van der Waals surface area contributed by atoms with Gasteiger partial charge < -0.3 is 15.3 Å². The molecule has 84 valence electrons. The molecule has 0 aromatic heterocycles. The van der Waals surface area contributed by atoms with Crippen LogP contribution in [0.5, 0.6) is 0 Å². The van der Waals surface area contributed by atoms with Gasteiger partial charge in [0, 0.05) is 19.1 Å². The van der Waals surface area contributed by atoms with E-state index in [-0.39, 0.29) is 18.0 Å². The SMILES string of the molecule is O=C(O)C1CCC(NC(=O)N2CCC2)C1. The molecule has 2 amide bonds. The number of carbonyl (C=O) groups is 2. The maximum absolute atomic E-state index is 11.5. The molecular formula is C10H16N2O3. The maximum Gasteiger partial charge on any atom is 0.317 e. The average Bonchev–Trinajstić information content (AvgIpc) is 2.48. The molecule has 0 bridgehead atoms. The van der Waals surface area contributed by atoms with E-state index in [1.165, 1.54) is 0 Å². The van der Waals surface area contributed by atoms with Gasteiger partial charge in [0.25, 0.3) is 0 Å². The number of hydrogen-bond donors (Lipinski definition) is 2. The van der Waals surface area contributed by atoms with Crippen LogP contribution >= 0.6 is 0 Å². The van der Waals surface area contributed by atoms with Gasteiger partial charge in [0.1, 0.15) is 0 Å². The number of urea groups is 1. The van der Waals surface area contributed by atoms with Gasteiger partial charge in [0.15, 0.2) is 0 Å². The van der Waals surface area contributed by atoms with Crippen molar-refractivity contribution in [3.8, 4) is 0 Å². The van der Waals surface area contributed by atoms with E-state index in [2.05, 4.69) is 5.32 Å². The molecule has 2 rings (SSSR count). The van der Waals surface area contributed by atoms with E-state index in [0.29, 0.717) is 12.8 Å². The normalized spacial score (nSPS) is 29.7. The van der Waals surface area contributed by atoms with Crippen LogP contribution in [0.15, 0.2) is 0 Å². The number of nitrogens with one attached hydrogen (secondary N) is 1. The summed E-state index contributed by atoms with van der Waals surface area (Å²) in [5, 5.41) is 11.7. The number of nitrogens with zero attached hydrogens (tertiary/aromatic N) is 1. The molecule has 1 saturated carbocycles. The van der Waals surface area contributed by atoms with Crippen molar-refractivity contribution in [2.24, 2.45) is 5.92 Å². The van der Waals surface area contributed by atoms with Crippen LogP contribution in [0.1, 0.15) is 25.7 Å². The van der Waals surface area contributed by atoms with E-state index in [1.54, 1.807) is 4.90 Å². The molecule has 0 aromatic carbocycles. The third kappa shape index (κ3) is 2.22. The van der Waals surface area contributed by atoms with Gasteiger partial charge in [-0.15, -0.1) is 0 Å². The molecule has 2 atom stereocenters. The molecule has 2 unspecified atom stereocenters. The van der Waals surface area contributed by atoms with Crippen LogP contribution < -0.4 is 5.32 Å². The van der Waals surface area contributed by atoms with Gasteiger partial charge in [0.2, 0.25) is 0 Å². The van der Waals surface area contributed by atoms with Gasteiger partial charge in [-0.3, -0.25) is 4.79 Å². The fraction of sp³-hybridized carbons (Fsp3) is 0.800. The molecule has 2 N–H and O–H groups in total. The van der Waals surface area contributed by atoms with Crippen LogP contribution in [0, 0.1) is 5.92 Å². The number of aliphatic carboxylic acids is 1. The summed E-state index contributed by atoms with van der Waals surface area (Å²) in [6, 6.07) is 0.0245. The molecule has 2 fully saturated rings. The number of likely N-dealkylation sites (tertiary alicyclic amines) is 1. The Kier molecular flexibility index (Phi) is 2.79. The highest BCUT2D eigenvalue weighted by atomic mass is 16.4. The highest BCUT2D eigenvalue weighted by Gasteiger charge is 2.32. The minimum atomic E-state index is -0.740. The lowest BCUT2D eigenvalue weighted by Gasteiger charge is -2.32. The minimum Gasteiger partial charge on any atom is -0.481 e. The first-order valence-electron chi connectivity index (χ1n) is 5.45. The quantitative estimate of drug-likeness (QED) is 0.706. The number of hydrogen-bond acceptors (Lipinski definition) is 2. The van der Waals surface area contributed by atoms with Crippen LogP contribution in [-0.2, 0) is 4.79 Å². The Morgan fingerprint density at radius 3 is 2.47 bits per heavy atom. The van der Waals surface area contributed by atoms with Crippen LogP contribution in [0.25, 0.3) is 0 Å². The Bertz CT molecular complexity index is 276. The van der Waals surface area contributed by atoms with Gasteiger partial charge >= 0.3 is 12.0 Å². The summed E-state index contributed by atoms with van der Waals surface area (Å²) in [5.41, 5.74) is 0. The summed E-state index contributed by atoms with van der Waals surface area (Å²) >= 11 is 0. The van der Waals surface area contributed by atoms with E-state index < -0.39 is 5.97 Å². The predicted molar refractivity (Wildman–Crippen MR) is 53.5 cm³/mol. The molecule has 15 heavy (non-hydrogen) atoms. The zero-order valence-electron chi connectivity index (χ0n) is 8.61. The number of rotatable bonds is 2. The second kappa shape index (κ2) is 4.08. The fourth-order valence-corrected chi connectivity index (χ4v) is 2.12. The molecule has 2 aliphatic rings. The summed E-state index contributed by atoms with van der Waals surface area (Å²) < 4.78 is 0. The maximum atomic E-state index is 11.5. The van der Waals surface area contributed by atoms with Crippen LogP contribution in [0.4, 0.5) is 4.79 Å². The fourth-order valence-electron chi connectivity index (χ4n) is 2.12. The lowest BCUT2D eigenvalue weighted by atomic mass is 10.1. The molecule has 5 nitrogen and oxygen atoms in total. The van der Waals surface area contributed by atoms with Crippen LogP contribution in [0.3, 0.4) is 0 Å². The summed E-state index contributed by atoms with van der Waals surface area (Å²) in [7, 11) is 0. The largest absolute Gasteiger partial charge is 0.481 e. The van der Waals surface area contributed by atoms with Gasteiger partial charge in [0.05, 0.1) is 5.92 Å². The molecule has 1 heterocycles. The average molecular weight is 212 g/mol. The molecular weight excluding hydrogens is 196 g/mol. The predicted octanol–water partition coefficient (Wildman–Crippen LogP) is 0.655. The Balaban J connectivity index is 1.76. The molecule has 1 aliphatic heterocycles. The summed E-state index contributed by atoms with van der Waals surface area (Å²) in [4.78, 5) is 24.0. The Labute approximate surface area is 88.4 Å². The highest BCUT2D eigenvalue weighted by molar-refractivity contribution is 5.75. The molecule has 5 heteroatoms. The molecule has 0 spiro atoms. The van der Waals surface area contributed by atoms with Crippen LogP contribution in [0.2, 0.25) is 0 Å². The van der Waals surface area contributed by atoms with E-state index in [1.807, 2.05) is 0 Å². The van der Waals surface area contributed by atoms with E-state index in [4.69, 9.17) is 5.11 Å². The topological polar surface area (TPSA) is 69.6 Å². The standard InChI is InChI=1S/C10H16N2O3/c13-9(14)7-2-3-8(6-7)11-10(15)12-4-1-5-12/h7-8H,1-6H2,(H,11,15)(H,13,14). The van der Waals surface area contributed by atoms with Crippen molar-refractivity contribution >= 4 is 12.0 Å². The second-order valence-corrected chi connectivity index (χ2v) is 4.34. The third-order valence-electron chi connectivity index (χ3n) is 3.25. The van der Waals surface area contributed by atoms with E-state index in [9.17, 15) is 9.59 Å². The van der Waals surface area contributed by atoms with Crippen molar-refractivity contribution in [1.82, 2.24) is 10.2 Å². The minimum absolute atomic E-state index is 0.0303. The number of carboxylic acids is 1. The van der Waals surface area contributed by atoms with Crippen molar-refractivity contribution in [2.75, 3.05) is 13.1 Å². The van der Waals surface area contributed by atoms with Gasteiger partial charge in [-0.25, -0.2) is 4.79 Å². The third-order valence-corrected chi connectivity index (χ3v) is 3.25. The van der Waals surface area contributed by atoms with Crippen LogP contribution in [-0.4, -0.2) is 41.1 Å². The molecule has 1 saturated heterocycles. The van der Waals surface area contributed by atoms with Crippen molar-refractivity contribution in [1.29, 1.82) is 0 Å². The molecule has 0 aromatic rings. The highest BCUT2D eigenvalue weighted by Crippen LogP contribution is 2.25. The van der Waals surface area contributed by atoms with Crippen molar-refractivity contribution < 1.29 is 14.7 Å². The summed E-state index contributed by atoms with van der Waals surface area (Å²) in [6.45, 7) is 1.67. The molecule has 1 aliphatic carbocycles. The number of carbonyl (C=O) groups excluding carboxylic acids is 1. The first kappa shape index (κ1) is 10.3. The Morgan fingerprint density at radius 2 is 2.00 bits per heavy atom. The van der Waals surface area contributed by atoms with Gasteiger partial charge in [-0.05, 0) is 25.7 Å². The number of amides is 2. The lowest BCUT2D eigenvalue weighted by molar-refractivity contribution is -0.141. The first-order chi connectivity index (χ1) is 7.16. The van der Waals surface area contributed by atoms with Crippen molar-refractivity contribution in [3.63, 3.8) is 0 Å². The Morgan fingerprint density at radius 1 is 1.27 bits per heavy atom. The number of carboxylic acid groups (broad SMARTS) is 1. The smallest absolute Gasteiger partial charge is 0.317 e. The second-order valence-electron chi connectivity index (χ2n) is 4.34. The van der Waals surface area contributed by atoms with Crippen molar-refractivity contribution in [3.05, 3.63) is 0 Å². The van der Waals surface area contributed by atoms with E-state index >= 15 is 0 Å². The zero-order chi connectivity index (χ0) is 10.8. The van der Waals surface area contributed by atoms with E-state index in [0.717, 1.165) is 25.9 Å². The van der Waals surface area contributed by atoms with Crippen molar-refractivity contribution in [2.45, 2.75) is 31.7 Å².